The monoisotopic (exact) mass is 864 g/mol. The van der Waals surface area contributed by atoms with Gasteiger partial charge in [0.25, 0.3) is 0 Å². The van der Waals surface area contributed by atoms with Crippen molar-refractivity contribution in [2.45, 2.75) is 167 Å². The molecule has 0 amide bonds. The molecule has 0 heterocycles. The Kier molecular flexibility index (Phi) is 33.7. The van der Waals surface area contributed by atoms with Crippen molar-refractivity contribution < 1.29 is 52.6 Å². The SMILES string of the molecule is CCCCC/C=C\C/C=C\C/C=C\C/C=C\C/C=C\CCC(=O)O[C@H](COC(=O)CCCCCC[C@H]1C(=O)C[C@@H](O)[C@@H]1/C=C/[C@@H](O)CCCCC)COP(=O)(O)OCCN. The molecule has 0 aromatic rings. The molecular formula is C47H78NO11P. The molecule has 0 aliphatic heterocycles. The first-order valence-electron chi connectivity index (χ1n) is 22.5. The second-order valence-corrected chi connectivity index (χ2v) is 16.8. The van der Waals surface area contributed by atoms with Gasteiger partial charge in [0.05, 0.1) is 25.4 Å². The predicted molar refractivity (Wildman–Crippen MR) is 239 cm³/mol. The van der Waals surface area contributed by atoms with Gasteiger partial charge in [0.15, 0.2) is 6.10 Å². The molecule has 0 bridgehead atoms. The number of esters is 2. The van der Waals surface area contributed by atoms with E-state index in [0.717, 1.165) is 70.6 Å². The smallest absolute Gasteiger partial charge is 0.462 e. The van der Waals surface area contributed by atoms with Gasteiger partial charge in [-0.05, 0) is 64.2 Å². The van der Waals surface area contributed by atoms with E-state index in [1.165, 1.54) is 19.3 Å². The number of hydrogen-bond donors (Lipinski definition) is 4. The van der Waals surface area contributed by atoms with Gasteiger partial charge in [-0.2, -0.15) is 0 Å². The molecule has 342 valence electrons. The number of allylic oxidation sites excluding steroid dienone is 10. The number of unbranched alkanes of at least 4 members (excludes halogenated alkanes) is 8. The Balaban J connectivity index is 2.42. The highest BCUT2D eigenvalue weighted by Gasteiger charge is 2.39. The fourth-order valence-corrected chi connectivity index (χ4v) is 7.34. The fraction of sp³-hybridized carbons (Fsp3) is 0.681. The maximum Gasteiger partial charge on any atom is 0.472 e. The first-order chi connectivity index (χ1) is 29.0. The highest BCUT2D eigenvalue weighted by molar-refractivity contribution is 7.47. The molecule has 1 unspecified atom stereocenters. The number of carbonyl (C=O) groups excluding carboxylic acids is 3. The number of carbonyl (C=O) groups is 3. The lowest BCUT2D eigenvalue weighted by atomic mass is 9.88. The molecule has 0 spiro atoms. The van der Waals surface area contributed by atoms with Crippen LogP contribution in [0, 0.1) is 11.8 Å². The molecule has 13 heteroatoms. The van der Waals surface area contributed by atoms with E-state index >= 15 is 0 Å². The first-order valence-corrected chi connectivity index (χ1v) is 24.0. The van der Waals surface area contributed by atoms with E-state index in [0.29, 0.717) is 25.7 Å². The van der Waals surface area contributed by atoms with Gasteiger partial charge in [0.2, 0.25) is 0 Å². The van der Waals surface area contributed by atoms with Crippen molar-refractivity contribution in [2.24, 2.45) is 17.6 Å². The molecule has 0 radical (unpaired) electrons. The number of aliphatic hydroxyl groups is 2. The van der Waals surface area contributed by atoms with Gasteiger partial charge in [-0.1, -0.05) is 138 Å². The summed E-state index contributed by atoms with van der Waals surface area (Å²) in [6.45, 7) is 3.23. The standard InChI is InChI=1S/C47H78NO11P/c1-3-5-7-8-9-10-11-12-13-14-15-16-17-18-19-20-21-22-28-32-47(53)59-41(39-58-60(54,55)57-36-35-48)38-56-46(52)31-27-24-23-26-30-42-43(45(51)37-44(42)50)34-33-40(49)29-25-6-4-2/h9-10,12-13,15-16,18-19,21-22,33-34,40-43,45,49,51H,3-8,11,14,17,20,23-32,35-39,48H2,1-2H3,(H,54,55)/b10-9-,13-12-,16-15-,19-18-,22-21-,34-33+/t40-,41+,42+,43+,45+/m0/s1. The van der Waals surface area contributed by atoms with Crippen molar-refractivity contribution in [3.05, 3.63) is 72.9 Å². The van der Waals surface area contributed by atoms with Crippen LogP contribution in [0.1, 0.15) is 149 Å². The molecule has 6 atom stereocenters. The van der Waals surface area contributed by atoms with Gasteiger partial charge < -0.3 is 30.3 Å². The Hall–Kier alpha value is -2.96. The molecule has 1 fully saturated rings. The summed E-state index contributed by atoms with van der Waals surface area (Å²) in [5.74, 6) is -1.64. The zero-order valence-corrected chi connectivity index (χ0v) is 37.5. The predicted octanol–water partition coefficient (Wildman–Crippen LogP) is 9.64. The van der Waals surface area contributed by atoms with E-state index in [1.54, 1.807) is 6.08 Å². The van der Waals surface area contributed by atoms with Crippen LogP contribution in [0.2, 0.25) is 0 Å². The Bertz CT molecular complexity index is 1370. The number of Topliss-reactive ketones (excluding diaryl/α,β-unsaturated/α-hetero) is 1. The third-order valence-corrected chi connectivity index (χ3v) is 11.0. The summed E-state index contributed by atoms with van der Waals surface area (Å²) in [5.41, 5.74) is 5.34. The Morgan fingerprint density at radius 1 is 0.767 bits per heavy atom. The highest BCUT2D eigenvalue weighted by atomic mass is 31.2. The van der Waals surface area contributed by atoms with Crippen molar-refractivity contribution >= 4 is 25.5 Å². The van der Waals surface area contributed by atoms with Crippen molar-refractivity contribution in [1.82, 2.24) is 0 Å². The molecule has 1 saturated carbocycles. The molecule has 1 rings (SSSR count). The Morgan fingerprint density at radius 3 is 2.00 bits per heavy atom. The van der Waals surface area contributed by atoms with Crippen LogP contribution < -0.4 is 5.73 Å². The van der Waals surface area contributed by atoms with Gasteiger partial charge in [0.1, 0.15) is 12.4 Å². The van der Waals surface area contributed by atoms with E-state index in [4.69, 9.17) is 24.3 Å². The summed E-state index contributed by atoms with van der Waals surface area (Å²) in [4.78, 5) is 47.6. The molecule has 12 nitrogen and oxygen atoms in total. The maximum atomic E-state index is 12.6. The minimum atomic E-state index is -4.46. The highest BCUT2D eigenvalue weighted by Crippen LogP contribution is 2.43. The summed E-state index contributed by atoms with van der Waals surface area (Å²) < 4.78 is 32.7. The molecular weight excluding hydrogens is 785 g/mol. The molecule has 60 heavy (non-hydrogen) atoms. The van der Waals surface area contributed by atoms with Crippen LogP contribution in [0.3, 0.4) is 0 Å². The largest absolute Gasteiger partial charge is 0.472 e. The topological polar surface area (TPSA) is 192 Å². The Labute approximate surface area is 361 Å². The second kappa shape index (κ2) is 36.7. The van der Waals surface area contributed by atoms with Crippen molar-refractivity contribution in [3.63, 3.8) is 0 Å². The minimum absolute atomic E-state index is 0.00380. The number of phosphoric acid groups is 1. The molecule has 0 saturated heterocycles. The number of rotatable bonds is 37. The molecule has 0 aromatic heterocycles. The van der Waals surface area contributed by atoms with Gasteiger partial charge in [0, 0.05) is 37.6 Å². The summed E-state index contributed by atoms with van der Waals surface area (Å²) in [7, 11) is -4.46. The molecule has 5 N–H and O–H groups in total. The number of ketones is 1. The van der Waals surface area contributed by atoms with E-state index in [-0.39, 0.29) is 56.6 Å². The summed E-state index contributed by atoms with van der Waals surface area (Å²) in [6.07, 6.45) is 38.5. The average Bonchev–Trinajstić information content (AvgIpc) is 3.49. The van der Waals surface area contributed by atoms with Gasteiger partial charge in [-0.15, -0.1) is 0 Å². The van der Waals surface area contributed by atoms with Gasteiger partial charge >= 0.3 is 19.8 Å². The summed E-state index contributed by atoms with van der Waals surface area (Å²) >= 11 is 0. The maximum absolute atomic E-state index is 12.6. The number of nitrogens with two attached hydrogens (primary N) is 1. The zero-order chi connectivity index (χ0) is 44.1. The lowest BCUT2D eigenvalue weighted by Crippen LogP contribution is -2.29. The van der Waals surface area contributed by atoms with Crippen LogP contribution in [-0.2, 0) is 37.5 Å². The molecule has 1 aliphatic carbocycles. The third kappa shape index (κ3) is 30.1. The lowest BCUT2D eigenvalue weighted by molar-refractivity contribution is -0.161. The number of hydrogen-bond acceptors (Lipinski definition) is 11. The Morgan fingerprint density at radius 2 is 1.37 bits per heavy atom. The summed E-state index contributed by atoms with van der Waals surface area (Å²) in [5, 5.41) is 20.7. The van der Waals surface area contributed by atoms with E-state index in [9.17, 15) is 34.1 Å². The first kappa shape index (κ1) is 55.1. The average molecular weight is 864 g/mol. The van der Waals surface area contributed by atoms with Crippen LogP contribution in [-0.4, -0.2) is 77.5 Å². The van der Waals surface area contributed by atoms with Crippen molar-refractivity contribution in [1.29, 1.82) is 0 Å². The van der Waals surface area contributed by atoms with Crippen LogP contribution in [0.4, 0.5) is 0 Å². The van der Waals surface area contributed by atoms with Gasteiger partial charge in [-0.25, -0.2) is 4.57 Å². The van der Waals surface area contributed by atoms with Crippen LogP contribution >= 0.6 is 7.82 Å². The van der Waals surface area contributed by atoms with E-state index < -0.39 is 44.7 Å². The quantitative estimate of drug-likeness (QED) is 0.0200. The molecule has 1 aliphatic rings. The number of ether oxygens (including phenoxy) is 2. The second-order valence-electron chi connectivity index (χ2n) is 15.3. The number of aliphatic hydroxyl groups excluding tert-OH is 2. The van der Waals surface area contributed by atoms with Crippen LogP contribution in [0.5, 0.6) is 0 Å². The molecule has 0 aromatic carbocycles. The van der Waals surface area contributed by atoms with Gasteiger partial charge in [-0.3, -0.25) is 23.4 Å². The zero-order valence-electron chi connectivity index (χ0n) is 36.6. The normalized spacial score (nSPS) is 19.5. The minimum Gasteiger partial charge on any atom is -0.462 e. The lowest BCUT2D eigenvalue weighted by Gasteiger charge is -2.19. The summed E-state index contributed by atoms with van der Waals surface area (Å²) in [6, 6.07) is 0. The number of phosphoric ester groups is 1. The van der Waals surface area contributed by atoms with Crippen molar-refractivity contribution in [2.75, 3.05) is 26.4 Å². The third-order valence-electron chi connectivity index (χ3n) is 9.97. The van der Waals surface area contributed by atoms with E-state index in [2.05, 4.69) is 62.5 Å². The van der Waals surface area contributed by atoms with Crippen LogP contribution in [0.15, 0.2) is 72.9 Å². The fourth-order valence-electron chi connectivity index (χ4n) is 6.57. The van der Waals surface area contributed by atoms with Crippen LogP contribution in [0.25, 0.3) is 0 Å². The van der Waals surface area contributed by atoms with Crippen molar-refractivity contribution in [3.8, 4) is 0 Å². The van der Waals surface area contributed by atoms with E-state index in [1.807, 2.05) is 18.2 Å².